The lowest BCUT2D eigenvalue weighted by molar-refractivity contribution is 0.415. The highest BCUT2D eigenvalue weighted by Crippen LogP contribution is 2.44. The van der Waals surface area contributed by atoms with Gasteiger partial charge in [0.2, 0.25) is 0 Å². The van der Waals surface area contributed by atoms with Gasteiger partial charge in [0, 0.05) is 44.9 Å². The Bertz CT molecular complexity index is 2330. The lowest BCUT2D eigenvalue weighted by Gasteiger charge is -2.27. The summed E-state index contributed by atoms with van der Waals surface area (Å²) in [4.78, 5) is 4.61. The Balaban J connectivity index is 1.29. The Kier molecular flexibility index (Phi) is 8.15. The van der Waals surface area contributed by atoms with Crippen LogP contribution in [0, 0.1) is 6.92 Å². The van der Waals surface area contributed by atoms with Crippen LogP contribution in [0.5, 0.6) is 11.5 Å². The molecule has 0 aliphatic carbocycles. The third-order valence-corrected chi connectivity index (χ3v) is 9.25. The van der Waals surface area contributed by atoms with Crippen molar-refractivity contribution in [1.29, 1.82) is 0 Å². The average Bonchev–Trinajstić information content (AvgIpc) is 3.52. The van der Waals surface area contributed by atoms with E-state index in [1.54, 1.807) is 14.2 Å². The van der Waals surface area contributed by atoms with Crippen LogP contribution in [0.15, 0.2) is 170 Å². The number of para-hydroxylation sites is 2. The van der Waals surface area contributed by atoms with Gasteiger partial charge in [-0.3, -0.25) is 0 Å². The van der Waals surface area contributed by atoms with Crippen LogP contribution in [-0.2, 0) is 0 Å². The fourth-order valence-corrected chi connectivity index (χ4v) is 6.82. The Morgan fingerprint density at radius 2 is 0.900 bits per heavy atom. The van der Waals surface area contributed by atoms with Gasteiger partial charge < -0.3 is 23.8 Å². The molecule has 0 fully saturated rings. The van der Waals surface area contributed by atoms with Crippen molar-refractivity contribution in [2.24, 2.45) is 0 Å². The Morgan fingerprint density at radius 3 is 1.50 bits per heavy atom. The monoisotopic (exact) mass is 651 g/mol. The highest BCUT2D eigenvalue weighted by Gasteiger charge is 2.21. The molecule has 0 aliphatic heterocycles. The molecule has 7 aromatic carbocycles. The largest absolute Gasteiger partial charge is 0.497 e. The maximum absolute atomic E-state index is 5.51. The van der Waals surface area contributed by atoms with Crippen molar-refractivity contribution < 1.29 is 9.47 Å². The number of aromatic nitrogens is 1. The third kappa shape index (κ3) is 5.59. The van der Waals surface area contributed by atoms with Gasteiger partial charge in [-0.1, -0.05) is 60.2 Å². The van der Waals surface area contributed by atoms with Crippen LogP contribution < -0.4 is 19.3 Å². The van der Waals surface area contributed by atoms with E-state index in [0.717, 1.165) is 62.3 Å². The van der Waals surface area contributed by atoms with Crippen molar-refractivity contribution in [1.82, 2.24) is 4.57 Å². The molecular formula is C45H37N3O2. The Morgan fingerprint density at radius 1 is 0.420 bits per heavy atom. The van der Waals surface area contributed by atoms with Crippen LogP contribution in [-0.4, -0.2) is 18.8 Å². The first kappa shape index (κ1) is 30.8. The number of benzene rings is 7. The second-order valence-corrected chi connectivity index (χ2v) is 12.3. The molecule has 0 spiro atoms. The fraction of sp³-hybridized carbons (Fsp3) is 0.0667. The van der Waals surface area contributed by atoms with Gasteiger partial charge in [-0.05, 0) is 122 Å². The number of hydrogen-bond donors (Lipinski definition) is 0. The van der Waals surface area contributed by atoms with Crippen molar-refractivity contribution in [3.8, 4) is 17.2 Å². The number of aryl methyl sites for hydroxylation is 1. The second kappa shape index (κ2) is 13.2. The zero-order chi connectivity index (χ0) is 34.0. The number of hydrogen-bond acceptors (Lipinski definition) is 4. The quantitative estimate of drug-likeness (QED) is 0.155. The van der Waals surface area contributed by atoms with Crippen molar-refractivity contribution in [3.63, 3.8) is 0 Å². The van der Waals surface area contributed by atoms with Gasteiger partial charge in [-0.2, -0.15) is 0 Å². The number of anilines is 6. The summed E-state index contributed by atoms with van der Waals surface area (Å²) in [5, 5.41) is 2.35. The molecule has 1 heterocycles. The zero-order valence-electron chi connectivity index (χ0n) is 28.3. The molecule has 5 heteroatoms. The predicted octanol–water partition coefficient (Wildman–Crippen LogP) is 12.0. The van der Waals surface area contributed by atoms with Crippen LogP contribution in [0.2, 0.25) is 0 Å². The number of rotatable bonds is 9. The van der Waals surface area contributed by atoms with E-state index < -0.39 is 0 Å². The fourth-order valence-electron chi connectivity index (χ4n) is 6.82. The van der Waals surface area contributed by atoms with E-state index in [1.807, 2.05) is 24.3 Å². The van der Waals surface area contributed by atoms with E-state index >= 15 is 0 Å². The van der Waals surface area contributed by atoms with Crippen LogP contribution in [0.1, 0.15) is 5.56 Å². The number of fused-ring (bicyclic) bond motifs is 3. The van der Waals surface area contributed by atoms with Crippen molar-refractivity contribution >= 4 is 55.9 Å². The molecule has 5 nitrogen and oxygen atoms in total. The van der Waals surface area contributed by atoms with Crippen LogP contribution in [0.3, 0.4) is 0 Å². The molecule has 0 atom stereocenters. The van der Waals surface area contributed by atoms with Gasteiger partial charge in [0.25, 0.3) is 0 Å². The summed E-state index contributed by atoms with van der Waals surface area (Å²) in [5.74, 6) is 1.63. The summed E-state index contributed by atoms with van der Waals surface area (Å²) in [6.07, 6.45) is 0. The van der Waals surface area contributed by atoms with Crippen molar-refractivity contribution in [2.75, 3.05) is 24.0 Å². The molecule has 0 amide bonds. The van der Waals surface area contributed by atoms with Gasteiger partial charge >= 0.3 is 0 Å². The first-order valence-electron chi connectivity index (χ1n) is 16.8. The van der Waals surface area contributed by atoms with Crippen molar-refractivity contribution in [2.45, 2.75) is 6.92 Å². The van der Waals surface area contributed by atoms with Gasteiger partial charge in [-0.15, -0.1) is 0 Å². The smallest absolute Gasteiger partial charge is 0.119 e. The first-order chi connectivity index (χ1) is 24.6. The number of methoxy groups -OCH3 is 2. The SMILES string of the molecule is COc1ccc(N(c2ccc(OC)cc2)c2cccc3c2c2ccccc2n3-c2ccc(N(c3ccccc3)c3ccc(C)cc3)cc2)cc1. The van der Waals surface area contributed by atoms with E-state index in [0.29, 0.717) is 0 Å². The molecular weight excluding hydrogens is 615 g/mol. The van der Waals surface area contributed by atoms with Gasteiger partial charge in [0.1, 0.15) is 11.5 Å². The summed E-state index contributed by atoms with van der Waals surface area (Å²) in [5.41, 5.74) is 11.1. The van der Waals surface area contributed by atoms with Gasteiger partial charge in [0.05, 0.1) is 30.9 Å². The molecule has 0 aliphatic rings. The summed E-state index contributed by atoms with van der Waals surface area (Å²) in [7, 11) is 3.39. The van der Waals surface area contributed by atoms with E-state index in [-0.39, 0.29) is 0 Å². The Labute approximate surface area is 292 Å². The molecule has 0 saturated heterocycles. The minimum absolute atomic E-state index is 0.815. The average molecular weight is 652 g/mol. The lowest BCUT2D eigenvalue weighted by atomic mass is 10.1. The molecule has 0 radical (unpaired) electrons. The van der Waals surface area contributed by atoms with E-state index in [4.69, 9.17) is 9.47 Å². The topological polar surface area (TPSA) is 29.9 Å². The molecule has 50 heavy (non-hydrogen) atoms. The normalized spacial score (nSPS) is 11.1. The van der Waals surface area contributed by atoms with Crippen LogP contribution in [0.4, 0.5) is 34.1 Å². The molecule has 0 N–H and O–H groups in total. The summed E-state index contributed by atoms with van der Waals surface area (Å²) >= 11 is 0. The molecule has 0 unspecified atom stereocenters. The highest BCUT2D eigenvalue weighted by molar-refractivity contribution is 6.16. The minimum Gasteiger partial charge on any atom is -0.497 e. The zero-order valence-corrected chi connectivity index (χ0v) is 28.3. The molecule has 8 aromatic rings. The third-order valence-electron chi connectivity index (χ3n) is 9.25. The first-order valence-corrected chi connectivity index (χ1v) is 16.8. The van der Waals surface area contributed by atoms with E-state index in [9.17, 15) is 0 Å². The number of nitrogens with zero attached hydrogens (tertiary/aromatic N) is 3. The maximum atomic E-state index is 5.51. The summed E-state index contributed by atoms with van der Waals surface area (Å²) in [6, 6.07) is 59.8. The standard InChI is InChI=1S/C45H37N3O2/c1-32-16-18-34(19-17-32)46(33-10-5-4-6-11-33)35-20-22-38(23-21-35)48-42-13-8-7-12-41(42)45-43(14-9-15-44(45)48)47(36-24-28-39(49-2)29-25-36)37-26-30-40(50-3)31-27-37/h4-31H,1-3H3. The molecule has 1 aromatic heterocycles. The predicted molar refractivity (Wildman–Crippen MR) is 208 cm³/mol. The van der Waals surface area contributed by atoms with Crippen LogP contribution >= 0.6 is 0 Å². The summed E-state index contributed by atoms with van der Waals surface area (Å²) in [6.45, 7) is 2.12. The summed E-state index contributed by atoms with van der Waals surface area (Å²) < 4.78 is 13.4. The molecule has 244 valence electrons. The second-order valence-electron chi connectivity index (χ2n) is 12.3. The van der Waals surface area contributed by atoms with Crippen LogP contribution in [0.25, 0.3) is 27.5 Å². The lowest BCUT2D eigenvalue weighted by Crippen LogP contribution is -2.10. The molecule has 8 rings (SSSR count). The molecule has 0 saturated carbocycles. The van der Waals surface area contributed by atoms with Gasteiger partial charge in [0.15, 0.2) is 0 Å². The van der Waals surface area contributed by atoms with E-state index in [1.165, 1.54) is 16.3 Å². The number of ether oxygens (including phenoxy) is 2. The van der Waals surface area contributed by atoms with Crippen molar-refractivity contribution in [3.05, 3.63) is 175 Å². The minimum atomic E-state index is 0.815. The highest BCUT2D eigenvalue weighted by atomic mass is 16.5. The molecule has 0 bridgehead atoms. The maximum Gasteiger partial charge on any atom is 0.119 e. The Hall–Kier alpha value is -6.46. The van der Waals surface area contributed by atoms with Gasteiger partial charge in [-0.25, -0.2) is 0 Å². The van der Waals surface area contributed by atoms with E-state index in [2.05, 4.69) is 167 Å².